The number of rotatable bonds is 7. The summed E-state index contributed by atoms with van der Waals surface area (Å²) < 4.78 is 0. The summed E-state index contributed by atoms with van der Waals surface area (Å²) in [6, 6.07) is 11.3. The Morgan fingerprint density at radius 3 is 2.50 bits per heavy atom. The van der Waals surface area contributed by atoms with Gasteiger partial charge in [-0.1, -0.05) is 41.1 Å². The van der Waals surface area contributed by atoms with Crippen LogP contribution in [0.15, 0.2) is 30.3 Å². The van der Waals surface area contributed by atoms with Crippen LogP contribution in [0.4, 0.5) is 5.69 Å². The highest BCUT2D eigenvalue weighted by atomic mass is 79.9. The van der Waals surface area contributed by atoms with Crippen molar-refractivity contribution in [2.75, 3.05) is 50.7 Å². The molecule has 1 aromatic carbocycles. The fraction of sp³-hybridized carbons (Fsp3) is 0.667. The Balaban J connectivity index is 1.45. The highest BCUT2D eigenvalue weighted by Crippen LogP contribution is 2.26. The van der Waals surface area contributed by atoms with Gasteiger partial charge in [0, 0.05) is 57.4 Å². The second-order valence-corrected chi connectivity index (χ2v) is 8.67. The molecule has 1 aromatic rings. The number of alkyl halides is 1. The van der Waals surface area contributed by atoms with E-state index in [1.807, 2.05) is 0 Å². The molecule has 3 rings (SSSR count). The first-order valence-electron chi connectivity index (χ1n) is 10.1. The molecule has 4 nitrogen and oxygen atoms in total. The van der Waals surface area contributed by atoms with Crippen LogP contribution in [-0.2, 0) is 4.79 Å². The van der Waals surface area contributed by atoms with Crippen molar-refractivity contribution in [2.45, 2.75) is 43.5 Å². The van der Waals surface area contributed by atoms with Gasteiger partial charge >= 0.3 is 0 Å². The molecule has 1 saturated heterocycles. The van der Waals surface area contributed by atoms with Crippen LogP contribution < -0.4 is 4.90 Å². The normalized spacial score (nSPS) is 25.0. The minimum Gasteiger partial charge on any atom is -0.369 e. The highest BCUT2D eigenvalue weighted by Gasteiger charge is 2.30. The lowest BCUT2D eigenvalue weighted by molar-refractivity contribution is -0.120. The Hall–Kier alpha value is -0.910. The van der Waals surface area contributed by atoms with Crippen LogP contribution in [0.1, 0.15) is 32.6 Å². The lowest BCUT2D eigenvalue weighted by atomic mass is 9.93. The molecule has 144 valence electrons. The molecular weight excluding hydrogens is 390 g/mol. The summed E-state index contributed by atoms with van der Waals surface area (Å²) in [7, 11) is 0. The van der Waals surface area contributed by atoms with Gasteiger partial charge in [-0.15, -0.1) is 0 Å². The van der Waals surface area contributed by atoms with Gasteiger partial charge in [0.05, 0.1) is 4.83 Å². The van der Waals surface area contributed by atoms with E-state index in [1.54, 1.807) is 0 Å². The third-order valence-corrected chi connectivity index (χ3v) is 6.66. The predicted molar refractivity (Wildman–Crippen MR) is 112 cm³/mol. The molecule has 26 heavy (non-hydrogen) atoms. The lowest BCUT2D eigenvalue weighted by Crippen LogP contribution is -2.50. The summed E-state index contributed by atoms with van der Waals surface area (Å²) in [6.45, 7) is 10.2. The van der Waals surface area contributed by atoms with Crippen LogP contribution >= 0.6 is 15.9 Å². The van der Waals surface area contributed by atoms with E-state index in [2.05, 4.69) is 67.9 Å². The number of halogens is 1. The van der Waals surface area contributed by atoms with E-state index in [0.29, 0.717) is 11.8 Å². The predicted octanol–water partition coefficient (Wildman–Crippen LogP) is 3.41. The van der Waals surface area contributed by atoms with Gasteiger partial charge in [-0.05, 0) is 37.9 Å². The Bertz CT molecular complexity index is 560. The van der Waals surface area contributed by atoms with E-state index in [-0.39, 0.29) is 4.83 Å². The summed E-state index contributed by atoms with van der Waals surface area (Å²) in [4.78, 5) is 19.6. The molecule has 2 unspecified atom stereocenters. The molecule has 0 radical (unpaired) electrons. The molecule has 1 aliphatic carbocycles. The average Bonchev–Trinajstić information content (AvgIpc) is 2.68. The third kappa shape index (κ3) is 5.30. The van der Waals surface area contributed by atoms with E-state index in [1.165, 1.54) is 12.1 Å². The van der Waals surface area contributed by atoms with Crippen molar-refractivity contribution in [3.05, 3.63) is 30.3 Å². The number of carbonyl (C=O) groups is 1. The fourth-order valence-electron chi connectivity index (χ4n) is 4.19. The summed E-state index contributed by atoms with van der Waals surface area (Å²) >= 11 is 3.58. The number of anilines is 1. The van der Waals surface area contributed by atoms with Gasteiger partial charge < -0.3 is 4.90 Å². The molecule has 1 heterocycles. The van der Waals surface area contributed by atoms with Crippen LogP contribution in [-0.4, -0.2) is 72.3 Å². The second-order valence-electron chi connectivity index (χ2n) is 7.56. The van der Waals surface area contributed by atoms with Gasteiger partial charge in [-0.2, -0.15) is 0 Å². The molecule has 0 spiro atoms. The summed E-state index contributed by atoms with van der Waals surface area (Å²) in [5.74, 6) is 0.384. The van der Waals surface area contributed by atoms with Gasteiger partial charge in [-0.3, -0.25) is 14.6 Å². The number of piperazine rings is 1. The second kappa shape index (κ2) is 9.86. The molecule has 2 atom stereocenters. The molecular formula is C21H32BrN3O. The van der Waals surface area contributed by atoms with E-state index in [0.717, 1.165) is 65.1 Å². The molecule has 0 aromatic heterocycles. The van der Waals surface area contributed by atoms with Crippen molar-refractivity contribution in [3.63, 3.8) is 0 Å². The van der Waals surface area contributed by atoms with E-state index in [4.69, 9.17) is 0 Å². The van der Waals surface area contributed by atoms with Crippen molar-refractivity contribution in [1.82, 2.24) is 9.80 Å². The first-order chi connectivity index (χ1) is 12.7. The van der Waals surface area contributed by atoms with E-state index < -0.39 is 0 Å². The van der Waals surface area contributed by atoms with Crippen LogP contribution in [0, 0.1) is 0 Å². The summed E-state index contributed by atoms with van der Waals surface area (Å²) in [6.07, 6.45) is 3.92. The monoisotopic (exact) mass is 421 g/mol. The number of ketones is 1. The number of para-hydroxylation sites is 1. The molecule has 2 aliphatic rings. The zero-order valence-electron chi connectivity index (χ0n) is 15.9. The minimum absolute atomic E-state index is 0.0648. The summed E-state index contributed by atoms with van der Waals surface area (Å²) in [5, 5.41) is 0. The zero-order chi connectivity index (χ0) is 18.4. The Labute approximate surface area is 166 Å². The molecule has 0 N–H and O–H groups in total. The smallest absolute Gasteiger partial charge is 0.146 e. The number of nitrogens with zero attached hydrogens (tertiary/aromatic N) is 3. The average molecular weight is 422 g/mol. The number of hydrogen-bond donors (Lipinski definition) is 0. The molecule has 0 bridgehead atoms. The van der Waals surface area contributed by atoms with Crippen LogP contribution in [0.3, 0.4) is 0 Å². The fourth-order valence-corrected chi connectivity index (χ4v) is 4.85. The van der Waals surface area contributed by atoms with Crippen LogP contribution in [0.5, 0.6) is 0 Å². The number of benzene rings is 1. The Morgan fingerprint density at radius 1 is 1.12 bits per heavy atom. The standard InChI is InChI=1S/C21H32BrN3O/c1-2-10-24(19-8-9-21(26)20(22)17-19)14-11-23-12-15-25(16-13-23)18-6-4-3-5-7-18/h3-7,19-20H,2,8-17H2,1H3. The van der Waals surface area contributed by atoms with Gasteiger partial charge in [0.1, 0.15) is 5.78 Å². The van der Waals surface area contributed by atoms with Crippen molar-refractivity contribution >= 4 is 27.4 Å². The first kappa shape index (κ1) is 19.8. The van der Waals surface area contributed by atoms with Crippen molar-refractivity contribution in [1.29, 1.82) is 0 Å². The van der Waals surface area contributed by atoms with Crippen molar-refractivity contribution < 1.29 is 4.79 Å². The van der Waals surface area contributed by atoms with E-state index in [9.17, 15) is 4.79 Å². The lowest BCUT2D eigenvalue weighted by Gasteiger charge is -2.39. The number of carbonyl (C=O) groups excluding carboxylic acids is 1. The summed E-state index contributed by atoms with van der Waals surface area (Å²) in [5.41, 5.74) is 1.34. The van der Waals surface area contributed by atoms with Gasteiger partial charge in [0.25, 0.3) is 0 Å². The number of Topliss-reactive ketones (excluding diaryl/α,β-unsaturated/α-hetero) is 1. The molecule has 5 heteroatoms. The van der Waals surface area contributed by atoms with Crippen molar-refractivity contribution in [2.24, 2.45) is 0 Å². The topological polar surface area (TPSA) is 26.8 Å². The minimum atomic E-state index is 0.0648. The van der Waals surface area contributed by atoms with Crippen LogP contribution in [0.25, 0.3) is 0 Å². The maximum atomic E-state index is 11.8. The maximum Gasteiger partial charge on any atom is 0.146 e. The first-order valence-corrected chi connectivity index (χ1v) is 11.0. The van der Waals surface area contributed by atoms with E-state index >= 15 is 0 Å². The molecule has 1 saturated carbocycles. The van der Waals surface area contributed by atoms with Gasteiger partial charge in [-0.25, -0.2) is 0 Å². The largest absolute Gasteiger partial charge is 0.369 e. The van der Waals surface area contributed by atoms with Gasteiger partial charge in [0.15, 0.2) is 0 Å². The maximum absolute atomic E-state index is 11.8. The Morgan fingerprint density at radius 2 is 1.85 bits per heavy atom. The number of hydrogen-bond acceptors (Lipinski definition) is 4. The third-order valence-electron chi connectivity index (χ3n) is 5.78. The SMILES string of the molecule is CCCN(CCN1CCN(c2ccccc2)CC1)C1CCC(=O)C(Br)C1. The zero-order valence-corrected chi connectivity index (χ0v) is 17.5. The van der Waals surface area contributed by atoms with Crippen molar-refractivity contribution in [3.8, 4) is 0 Å². The molecule has 1 aliphatic heterocycles. The highest BCUT2D eigenvalue weighted by molar-refractivity contribution is 9.10. The molecule has 2 fully saturated rings. The Kier molecular flexibility index (Phi) is 7.52. The van der Waals surface area contributed by atoms with Gasteiger partial charge in [0.2, 0.25) is 0 Å². The molecule has 0 amide bonds. The van der Waals surface area contributed by atoms with Crippen LogP contribution in [0.2, 0.25) is 0 Å². The quantitative estimate of drug-likeness (QED) is 0.630.